The van der Waals surface area contributed by atoms with Crippen molar-refractivity contribution in [2.45, 2.75) is 77.5 Å². The molecule has 2 saturated heterocycles. The minimum atomic E-state index is -0.759. The van der Waals surface area contributed by atoms with Gasteiger partial charge in [0.2, 0.25) is 11.8 Å². The maximum Gasteiger partial charge on any atom is 0.407 e. The predicted molar refractivity (Wildman–Crippen MR) is 212 cm³/mol. The molecule has 0 saturated carbocycles. The molecule has 0 bridgehead atoms. The Balaban J connectivity index is 1.06. The van der Waals surface area contributed by atoms with Crippen LogP contribution in [0, 0.1) is 17.7 Å². The van der Waals surface area contributed by atoms with Gasteiger partial charge in [0.1, 0.15) is 40.9 Å². The fourth-order valence-corrected chi connectivity index (χ4v) is 7.92. The molecule has 4 N–H and O–H groups in total. The third-order valence-corrected chi connectivity index (χ3v) is 11.0. The highest BCUT2D eigenvalue weighted by Crippen LogP contribution is 2.37. The van der Waals surface area contributed by atoms with Gasteiger partial charge in [-0.15, -0.1) is 0 Å². The SMILES string of the molecule is COC(=O)N[C@H](C(=O)N1CCC[C@H]1c1ncc(-c2ccc3oc(-c4ccc(-c5cnc([C@@H]6CCCN6C(=O)[C@@H](NC(=O)OC)C(C)C)[nH]5)c(F)c4)cc3c2)[nH]1)C(C)C. The van der Waals surface area contributed by atoms with Gasteiger partial charge in [-0.2, -0.15) is 0 Å². The smallest absolute Gasteiger partial charge is 0.407 e. The van der Waals surface area contributed by atoms with E-state index in [9.17, 15) is 19.2 Å². The number of carbonyl (C=O) groups excluding carboxylic acids is 4. The molecule has 4 amide bonds. The van der Waals surface area contributed by atoms with Gasteiger partial charge in [0.15, 0.2) is 0 Å². The van der Waals surface area contributed by atoms with Gasteiger partial charge in [-0.3, -0.25) is 9.59 Å². The van der Waals surface area contributed by atoms with Crippen LogP contribution in [-0.2, 0) is 19.1 Å². The molecule has 2 fully saturated rings. The first-order chi connectivity index (χ1) is 27.9. The van der Waals surface area contributed by atoms with E-state index in [2.05, 4.69) is 30.6 Å². The predicted octanol–water partition coefficient (Wildman–Crippen LogP) is 7.11. The van der Waals surface area contributed by atoms with E-state index in [1.807, 2.05) is 52.0 Å². The number of amides is 4. The third-order valence-electron chi connectivity index (χ3n) is 11.0. The number of halogens is 1. The monoisotopic (exact) mass is 796 g/mol. The van der Waals surface area contributed by atoms with E-state index in [1.54, 1.807) is 34.3 Å². The van der Waals surface area contributed by atoms with Gasteiger partial charge in [0, 0.05) is 35.2 Å². The minimum Gasteiger partial charge on any atom is -0.456 e. The lowest BCUT2D eigenvalue weighted by molar-refractivity contribution is -0.136. The van der Waals surface area contributed by atoms with Crippen LogP contribution >= 0.6 is 0 Å². The van der Waals surface area contributed by atoms with Crippen molar-refractivity contribution < 1.29 is 37.5 Å². The van der Waals surface area contributed by atoms with Gasteiger partial charge in [0.05, 0.1) is 50.1 Å². The molecular formula is C42H49FN8O7. The molecular weight excluding hydrogens is 748 g/mol. The largest absolute Gasteiger partial charge is 0.456 e. The molecule has 16 heteroatoms. The number of imidazole rings is 2. The summed E-state index contributed by atoms with van der Waals surface area (Å²) in [5.74, 6) is 0.530. The first kappa shape index (κ1) is 40.0. The molecule has 15 nitrogen and oxygen atoms in total. The van der Waals surface area contributed by atoms with Crippen molar-refractivity contribution in [2.24, 2.45) is 11.8 Å². The van der Waals surface area contributed by atoms with E-state index in [0.717, 1.165) is 35.9 Å². The number of carbonyl (C=O) groups is 4. The second-order valence-electron chi connectivity index (χ2n) is 15.5. The first-order valence-electron chi connectivity index (χ1n) is 19.6. The molecule has 0 unspecified atom stereocenters. The summed E-state index contributed by atoms with van der Waals surface area (Å²) in [6.45, 7) is 8.53. The molecule has 0 radical (unpaired) electrons. The summed E-state index contributed by atoms with van der Waals surface area (Å²) in [6, 6.07) is 10.4. The second kappa shape index (κ2) is 16.7. The number of hydrogen-bond donors (Lipinski definition) is 4. The Labute approximate surface area is 335 Å². The number of likely N-dealkylation sites (tertiary alicyclic amines) is 2. The topological polar surface area (TPSA) is 188 Å². The van der Waals surface area contributed by atoms with Crippen molar-refractivity contribution >= 4 is 35.0 Å². The number of methoxy groups -OCH3 is 2. The van der Waals surface area contributed by atoms with Crippen molar-refractivity contribution in [2.75, 3.05) is 27.3 Å². The van der Waals surface area contributed by atoms with E-state index in [1.165, 1.54) is 20.3 Å². The molecule has 4 atom stereocenters. The van der Waals surface area contributed by atoms with Crippen molar-refractivity contribution in [3.8, 4) is 33.8 Å². The number of furan rings is 1. The summed E-state index contributed by atoms with van der Waals surface area (Å²) in [7, 11) is 2.53. The number of benzene rings is 2. The highest BCUT2D eigenvalue weighted by molar-refractivity contribution is 5.88. The Morgan fingerprint density at radius 1 is 0.759 bits per heavy atom. The van der Waals surface area contributed by atoms with E-state index in [4.69, 9.17) is 13.9 Å². The highest BCUT2D eigenvalue weighted by Gasteiger charge is 2.39. The first-order valence-corrected chi connectivity index (χ1v) is 19.6. The zero-order valence-corrected chi connectivity index (χ0v) is 33.4. The van der Waals surface area contributed by atoms with Crippen LogP contribution in [0.4, 0.5) is 14.0 Å². The maximum atomic E-state index is 15.8. The summed E-state index contributed by atoms with van der Waals surface area (Å²) >= 11 is 0. The summed E-state index contributed by atoms with van der Waals surface area (Å²) in [6.07, 6.45) is 4.97. The van der Waals surface area contributed by atoms with E-state index in [-0.39, 0.29) is 35.7 Å². The van der Waals surface area contributed by atoms with Crippen LogP contribution in [0.25, 0.3) is 44.8 Å². The number of rotatable bonds is 11. The Kier molecular flexibility index (Phi) is 11.5. The minimum absolute atomic E-state index is 0.137. The number of H-pyrrole nitrogens is 2. The number of alkyl carbamates (subject to hydrolysis) is 2. The number of nitrogens with one attached hydrogen (secondary N) is 4. The van der Waals surface area contributed by atoms with Crippen LogP contribution in [0.5, 0.6) is 0 Å². The maximum absolute atomic E-state index is 15.8. The Bertz CT molecular complexity index is 2310. The van der Waals surface area contributed by atoms with Crippen molar-refractivity contribution in [3.63, 3.8) is 0 Å². The van der Waals surface area contributed by atoms with Crippen LogP contribution in [-0.4, -0.2) is 93.1 Å². The van der Waals surface area contributed by atoms with Crippen LogP contribution in [0.2, 0.25) is 0 Å². The number of hydrogen-bond acceptors (Lipinski definition) is 9. The molecule has 5 aromatic rings. The molecule has 2 aliphatic heterocycles. The van der Waals surface area contributed by atoms with Gasteiger partial charge < -0.3 is 44.3 Å². The highest BCUT2D eigenvalue weighted by atomic mass is 19.1. The fourth-order valence-electron chi connectivity index (χ4n) is 7.92. The number of fused-ring (bicyclic) bond motifs is 1. The fraction of sp³-hybridized carbons (Fsp3) is 0.429. The van der Waals surface area contributed by atoms with Crippen LogP contribution in [0.15, 0.2) is 59.3 Å². The molecule has 2 aliphatic rings. The van der Waals surface area contributed by atoms with Crippen LogP contribution in [0.3, 0.4) is 0 Å². The van der Waals surface area contributed by atoms with Crippen molar-refractivity contribution in [1.82, 2.24) is 40.4 Å². The summed E-state index contributed by atoms with van der Waals surface area (Å²) < 4.78 is 31.4. The number of ether oxygens (including phenoxy) is 2. The molecule has 306 valence electrons. The van der Waals surface area contributed by atoms with E-state index in [0.29, 0.717) is 59.3 Å². The van der Waals surface area contributed by atoms with Crippen molar-refractivity contribution in [3.05, 3.63) is 72.3 Å². The molecule has 7 rings (SSSR count). The van der Waals surface area contributed by atoms with Gasteiger partial charge in [0.25, 0.3) is 0 Å². The zero-order valence-electron chi connectivity index (χ0n) is 33.4. The Hall–Kier alpha value is -6.19. The van der Waals surface area contributed by atoms with Crippen LogP contribution < -0.4 is 10.6 Å². The third kappa shape index (κ3) is 8.00. The average molecular weight is 797 g/mol. The van der Waals surface area contributed by atoms with Gasteiger partial charge in [-0.25, -0.2) is 23.9 Å². The lowest BCUT2D eigenvalue weighted by atomic mass is 10.0. The molecule has 58 heavy (non-hydrogen) atoms. The summed E-state index contributed by atoms with van der Waals surface area (Å²) in [5.41, 5.74) is 3.61. The lowest BCUT2D eigenvalue weighted by Gasteiger charge is -2.30. The Morgan fingerprint density at radius 2 is 1.29 bits per heavy atom. The molecule has 2 aromatic carbocycles. The molecule has 3 aromatic heterocycles. The van der Waals surface area contributed by atoms with Crippen LogP contribution in [0.1, 0.15) is 77.1 Å². The normalized spacial score (nSPS) is 17.9. The Morgan fingerprint density at radius 3 is 1.83 bits per heavy atom. The van der Waals surface area contributed by atoms with Crippen molar-refractivity contribution in [1.29, 1.82) is 0 Å². The molecule has 5 heterocycles. The van der Waals surface area contributed by atoms with Gasteiger partial charge in [-0.1, -0.05) is 33.8 Å². The standard InChI is InChI=1S/C42H49FN8O7/c1-22(2)35(48-41(54)56-5)39(52)50-15-7-9-31(50)37-44-20-29(46-37)24-12-14-33-26(17-24)19-34(58-33)25-11-13-27(28(43)18-25)30-21-45-38(47-30)32-10-8-16-51(32)40(53)36(23(3)4)49-42(55)57-6/h11-14,17-23,31-32,35-36H,7-10,15-16H2,1-6H3,(H,44,46)(H,45,47)(H,48,54)(H,49,55)/t31-,32-,35-,36-/m0/s1. The molecule has 0 spiro atoms. The quantitative estimate of drug-likeness (QED) is 0.108. The second-order valence-corrected chi connectivity index (χ2v) is 15.5. The van der Waals surface area contributed by atoms with Gasteiger partial charge in [-0.05, 0) is 73.9 Å². The molecule has 0 aliphatic carbocycles. The summed E-state index contributed by atoms with van der Waals surface area (Å²) in [5, 5.41) is 6.14. The number of aromatic nitrogens is 4. The lowest BCUT2D eigenvalue weighted by Crippen LogP contribution is -2.51. The van der Waals surface area contributed by atoms with Gasteiger partial charge >= 0.3 is 12.2 Å². The van der Waals surface area contributed by atoms with E-state index >= 15 is 4.39 Å². The average Bonchev–Trinajstić information content (AvgIpc) is 4.06. The number of nitrogens with zero attached hydrogens (tertiary/aromatic N) is 4. The number of aromatic amines is 2. The van der Waals surface area contributed by atoms with E-state index < -0.39 is 30.1 Å². The summed E-state index contributed by atoms with van der Waals surface area (Å²) in [4.78, 5) is 70.4. The zero-order chi connectivity index (χ0) is 41.2.